The molecule has 1 aliphatic rings. The van der Waals surface area contributed by atoms with Gasteiger partial charge in [0.15, 0.2) is 5.11 Å². The number of ether oxygens (including phenoxy) is 2. The Hall–Kier alpha value is -0.430. The van der Waals surface area contributed by atoms with Gasteiger partial charge in [-0.3, -0.25) is 0 Å². The van der Waals surface area contributed by atoms with Gasteiger partial charge in [-0.25, -0.2) is 0 Å². The van der Waals surface area contributed by atoms with Crippen LogP contribution in [0.3, 0.4) is 0 Å². The van der Waals surface area contributed by atoms with Crippen molar-refractivity contribution in [3.05, 3.63) is 0 Å². The zero-order chi connectivity index (χ0) is 12.5. The molecule has 5 nitrogen and oxygen atoms in total. The minimum Gasteiger partial charge on any atom is -0.385 e. The summed E-state index contributed by atoms with van der Waals surface area (Å²) in [6, 6.07) is 0. The summed E-state index contributed by atoms with van der Waals surface area (Å²) in [5.74, 6) is 0. The number of thiocarbonyl (C=S) groups is 1. The van der Waals surface area contributed by atoms with Crippen LogP contribution in [0.5, 0.6) is 0 Å². The molecule has 1 unspecified atom stereocenters. The van der Waals surface area contributed by atoms with Crippen LogP contribution in [0.25, 0.3) is 0 Å². The first-order valence-corrected chi connectivity index (χ1v) is 6.44. The van der Waals surface area contributed by atoms with Gasteiger partial charge in [-0.2, -0.15) is 0 Å². The van der Waals surface area contributed by atoms with Gasteiger partial charge < -0.3 is 25.0 Å². The molecule has 0 aromatic heterocycles. The van der Waals surface area contributed by atoms with Crippen molar-refractivity contribution >= 4 is 17.3 Å². The Labute approximate surface area is 109 Å². The monoisotopic (exact) mass is 261 g/mol. The van der Waals surface area contributed by atoms with E-state index in [9.17, 15) is 0 Å². The third-order valence-electron chi connectivity index (χ3n) is 2.64. The Morgan fingerprint density at radius 1 is 1.53 bits per heavy atom. The first kappa shape index (κ1) is 14.6. The lowest BCUT2D eigenvalue weighted by molar-refractivity contribution is -0.0160. The summed E-state index contributed by atoms with van der Waals surface area (Å²) in [5.41, 5.74) is 0. The molecule has 1 atom stereocenters. The molecule has 0 radical (unpaired) electrons. The Morgan fingerprint density at radius 3 is 3.06 bits per heavy atom. The maximum Gasteiger partial charge on any atom is 0.166 e. The molecule has 1 heterocycles. The van der Waals surface area contributed by atoms with Gasteiger partial charge in [-0.1, -0.05) is 0 Å². The second kappa shape index (κ2) is 8.63. The molecule has 1 fully saturated rings. The Balaban J connectivity index is 2.02. The van der Waals surface area contributed by atoms with E-state index in [1.165, 1.54) is 0 Å². The number of nitrogens with zero attached hydrogens (tertiary/aromatic N) is 1. The van der Waals surface area contributed by atoms with Crippen LogP contribution in [-0.4, -0.2) is 69.7 Å². The van der Waals surface area contributed by atoms with Crippen molar-refractivity contribution in [1.29, 1.82) is 0 Å². The summed E-state index contributed by atoms with van der Waals surface area (Å²) in [4.78, 5) is 2.27. The normalized spacial score (nSPS) is 21.2. The van der Waals surface area contributed by atoms with Gasteiger partial charge in [-0.15, -0.1) is 0 Å². The van der Waals surface area contributed by atoms with Gasteiger partial charge in [0, 0.05) is 39.9 Å². The fraction of sp³-hybridized carbons (Fsp3) is 0.909. The Bertz CT molecular complexity index is 229. The molecular formula is C11H23N3O2S. The zero-order valence-corrected chi connectivity index (χ0v) is 11.5. The molecule has 0 bridgehead atoms. The molecule has 100 valence electrons. The highest BCUT2D eigenvalue weighted by molar-refractivity contribution is 7.80. The van der Waals surface area contributed by atoms with E-state index >= 15 is 0 Å². The van der Waals surface area contributed by atoms with E-state index in [1.54, 1.807) is 7.11 Å². The average molecular weight is 261 g/mol. The molecule has 17 heavy (non-hydrogen) atoms. The lowest BCUT2D eigenvalue weighted by atomic mass is 10.3. The minimum atomic E-state index is 0.229. The fourth-order valence-corrected chi connectivity index (χ4v) is 1.86. The largest absolute Gasteiger partial charge is 0.385 e. The summed E-state index contributed by atoms with van der Waals surface area (Å²) >= 11 is 5.17. The van der Waals surface area contributed by atoms with Crippen LogP contribution < -0.4 is 10.6 Å². The number of morpholine rings is 1. The van der Waals surface area contributed by atoms with Crippen LogP contribution in [-0.2, 0) is 9.47 Å². The molecule has 0 aromatic carbocycles. The number of hydrogen-bond acceptors (Lipinski definition) is 4. The molecule has 0 saturated carbocycles. The van der Waals surface area contributed by atoms with Gasteiger partial charge in [0.1, 0.15) is 0 Å². The van der Waals surface area contributed by atoms with E-state index in [0.717, 1.165) is 45.8 Å². The lowest BCUT2D eigenvalue weighted by Gasteiger charge is -2.30. The van der Waals surface area contributed by atoms with Gasteiger partial charge >= 0.3 is 0 Å². The minimum absolute atomic E-state index is 0.229. The van der Waals surface area contributed by atoms with E-state index in [2.05, 4.69) is 22.6 Å². The molecule has 1 aliphatic heterocycles. The number of hydrogen-bond donors (Lipinski definition) is 2. The van der Waals surface area contributed by atoms with Gasteiger partial charge in [0.2, 0.25) is 0 Å². The molecule has 0 amide bonds. The third kappa shape index (κ3) is 6.78. The molecule has 1 rings (SSSR count). The van der Waals surface area contributed by atoms with Gasteiger partial charge in [-0.05, 0) is 25.7 Å². The van der Waals surface area contributed by atoms with Crippen molar-refractivity contribution in [2.45, 2.75) is 12.5 Å². The summed E-state index contributed by atoms with van der Waals surface area (Å²) in [5, 5.41) is 7.01. The van der Waals surface area contributed by atoms with Crippen LogP contribution in [0.15, 0.2) is 0 Å². The van der Waals surface area contributed by atoms with Gasteiger partial charge in [0.05, 0.1) is 12.7 Å². The summed E-state index contributed by atoms with van der Waals surface area (Å²) in [6.45, 7) is 5.13. The third-order valence-corrected chi connectivity index (χ3v) is 2.93. The summed E-state index contributed by atoms with van der Waals surface area (Å²) in [7, 11) is 3.81. The predicted octanol–water partition coefficient (Wildman–Crippen LogP) is -0.182. The lowest BCUT2D eigenvalue weighted by Crippen LogP contribution is -2.47. The highest BCUT2D eigenvalue weighted by Crippen LogP contribution is 2.01. The topological polar surface area (TPSA) is 45.8 Å². The fourth-order valence-electron chi connectivity index (χ4n) is 1.68. The second-order valence-electron chi connectivity index (χ2n) is 4.24. The maximum absolute atomic E-state index is 5.63. The predicted molar refractivity (Wildman–Crippen MR) is 72.3 cm³/mol. The Morgan fingerprint density at radius 2 is 2.35 bits per heavy atom. The second-order valence-corrected chi connectivity index (χ2v) is 4.65. The molecular weight excluding hydrogens is 238 g/mol. The maximum atomic E-state index is 5.63. The standard InChI is InChI=1S/C11H23N3O2S/c1-14-5-7-16-10(9-14)8-13-11(17)12-4-3-6-15-2/h10H,3-9H2,1-2H3,(H2,12,13,17). The van der Waals surface area contributed by atoms with E-state index < -0.39 is 0 Å². The average Bonchev–Trinajstić information content (AvgIpc) is 2.32. The van der Waals surface area contributed by atoms with Crippen molar-refractivity contribution in [1.82, 2.24) is 15.5 Å². The molecule has 1 saturated heterocycles. The van der Waals surface area contributed by atoms with Crippen LogP contribution >= 0.6 is 12.2 Å². The highest BCUT2D eigenvalue weighted by Gasteiger charge is 2.17. The van der Waals surface area contributed by atoms with Crippen molar-refractivity contribution in [2.75, 3.05) is 53.6 Å². The smallest absolute Gasteiger partial charge is 0.166 e. The summed E-state index contributed by atoms with van der Waals surface area (Å²) in [6.07, 6.45) is 1.19. The highest BCUT2D eigenvalue weighted by atomic mass is 32.1. The molecule has 0 aliphatic carbocycles. The van der Waals surface area contributed by atoms with Crippen molar-refractivity contribution in [3.8, 4) is 0 Å². The number of likely N-dealkylation sites (N-methyl/N-ethyl adjacent to an activating group) is 1. The SMILES string of the molecule is COCCCNC(=S)NCC1CN(C)CCO1. The summed E-state index contributed by atoms with van der Waals surface area (Å²) < 4.78 is 10.6. The van der Waals surface area contributed by atoms with E-state index in [0.29, 0.717) is 5.11 Å². The zero-order valence-electron chi connectivity index (χ0n) is 10.7. The van der Waals surface area contributed by atoms with E-state index in [4.69, 9.17) is 21.7 Å². The number of rotatable bonds is 6. The van der Waals surface area contributed by atoms with E-state index in [-0.39, 0.29) is 6.10 Å². The number of nitrogens with one attached hydrogen (secondary N) is 2. The van der Waals surface area contributed by atoms with Crippen molar-refractivity contribution in [2.24, 2.45) is 0 Å². The first-order chi connectivity index (χ1) is 8.22. The van der Waals surface area contributed by atoms with Crippen LogP contribution in [0.2, 0.25) is 0 Å². The van der Waals surface area contributed by atoms with Crippen LogP contribution in [0.4, 0.5) is 0 Å². The first-order valence-electron chi connectivity index (χ1n) is 6.03. The number of methoxy groups -OCH3 is 1. The molecule has 2 N–H and O–H groups in total. The van der Waals surface area contributed by atoms with Crippen LogP contribution in [0.1, 0.15) is 6.42 Å². The van der Waals surface area contributed by atoms with Gasteiger partial charge in [0.25, 0.3) is 0 Å². The molecule has 0 spiro atoms. The van der Waals surface area contributed by atoms with E-state index in [1.807, 2.05) is 0 Å². The van der Waals surface area contributed by atoms with Crippen molar-refractivity contribution < 1.29 is 9.47 Å². The van der Waals surface area contributed by atoms with Crippen LogP contribution in [0, 0.1) is 0 Å². The van der Waals surface area contributed by atoms with Crippen molar-refractivity contribution in [3.63, 3.8) is 0 Å². The molecule has 6 heteroatoms. The molecule has 0 aromatic rings. The quantitative estimate of drug-likeness (QED) is 0.511. The Kier molecular flexibility index (Phi) is 7.43.